The SMILES string of the molecule is CN1c2ccccc2C(I)=Nc2c(Cl)cccc21. The molecule has 3 rings (SSSR count). The lowest BCUT2D eigenvalue weighted by molar-refractivity contribution is 1.21. The third kappa shape index (κ3) is 1.82. The van der Waals surface area contributed by atoms with Gasteiger partial charge in [-0.3, -0.25) is 0 Å². The first kappa shape index (κ1) is 12.0. The zero-order chi connectivity index (χ0) is 12.7. The number of anilines is 2. The van der Waals surface area contributed by atoms with E-state index in [4.69, 9.17) is 11.6 Å². The van der Waals surface area contributed by atoms with Gasteiger partial charge >= 0.3 is 0 Å². The second-order valence-corrected chi connectivity index (χ2v) is 5.52. The maximum Gasteiger partial charge on any atom is 0.111 e. The topological polar surface area (TPSA) is 15.6 Å². The van der Waals surface area contributed by atoms with E-state index in [2.05, 4.69) is 44.6 Å². The Bertz CT molecular complexity index is 652. The van der Waals surface area contributed by atoms with E-state index in [1.54, 1.807) is 0 Å². The van der Waals surface area contributed by atoms with E-state index in [1.165, 1.54) is 0 Å². The molecule has 1 aliphatic rings. The fourth-order valence-corrected chi connectivity index (χ4v) is 3.02. The lowest BCUT2D eigenvalue weighted by Gasteiger charge is -2.21. The summed E-state index contributed by atoms with van der Waals surface area (Å²) in [7, 11) is 2.04. The van der Waals surface area contributed by atoms with E-state index in [0.717, 1.165) is 26.3 Å². The van der Waals surface area contributed by atoms with Gasteiger partial charge in [0.05, 0.1) is 16.4 Å². The molecule has 0 bridgehead atoms. The number of aliphatic imine (C=N–C) groups is 1. The number of hydrogen-bond acceptors (Lipinski definition) is 2. The molecule has 0 aromatic heterocycles. The second kappa shape index (κ2) is 4.55. The summed E-state index contributed by atoms with van der Waals surface area (Å²) in [6, 6.07) is 14.1. The van der Waals surface area contributed by atoms with Crippen molar-refractivity contribution in [3.8, 4) is 0 Å². The Morgan fingerprint density at radius 3 is 2.61 bits per heavy atom. The first-order valence-corrected chi connectivity index (χ1v) is 7.00. The maximum absolute atomic E-state index is 6.25. The van der Waals surface area contributed by atoms with Gasteiger partial charge in [-0.25, -0.2) is 4.99 Å². The molecule has 0 N–H and O–H groups in total. The number of fused-ring (bicyclic) bond motifs is 2. The van der Waals surface area contributed by atoms with Crippen LogP contribution in [0.4, 0.5) is 17.1 Å². The standard InChI is InChI=1S/C14H10ClIN2/c1-18-11-7-3-2-5-9(11)14(16)17-13-10(15)6-4-8-12(13)18/h2-8H,1H3. The molecule has 4 heteroatoms. The van der Waals surface area contributed by atoms with Crippen LogP contribution in [0.1, 0.15) is 5.56 Å². The summed E-state index contributed by atoms with van der Waals surface area (Å²) in [5.41, 5.74) is 4.14. The zero-order valence-corrected chi connectivity index (χ0v) is 12.6. The predicted molar refractivity (Wildman–Crippen MR) is 86.2 cm³/mol. The summed E-state index contributed by atoms with van der Waals surface area (Å²) in [4.78, 5) is 6.79. The Kier molecular flexibility index (Phi) is 3.03. The zero-order valence-electron chi connectivity index (χ0n) is 9.69. The predicted octanol–water partition coefficient (Wildman–Crippen LogP) is 4.93. The van der Waals surface area contributed by atoms with Gasteiger partial charge in [0.25, 0.3) is 0 Å². The lowest BCUT2D eigenvalue weighted by Crippen LogP contribution is -2.11. The van der Waals surface area contributed by atoms with E-state index in [-0.39, 0.29) is 0 Å². The lowest BCUT2D eigenvalue weighted by atomic mass is 10.1. The van der Waals surface area contributed by atoms with Crippen molar-refractivity contribution in [2.75, 3.05) is 11.9 Å². The molecule has 2 aromatic rings. The summed E-state index contributed by atoms with van der Waals surface area (Å²) >= 11 is 8.51. The molecular formula is C14H10ClIN2. The normalized spacial score (nSPS) is 13.5. The third-order valence-corrected chi connectivity index (χ3v) is 4.15. The molecule has 0 unspecified atom stereocenters. The summed E-state index contributed by atoms with van der Waals surface area (Å²) in [6.45, 7) is 0. The van der Waals surface area contributed by atoms with Crippen molar-refractivity contribution in [3.63, 3.8) is 0 Å². The second-order valence-electron chi connectivity index (χ2n) is 4.09. The van der Waals surface area contributed by atoms with Crippen LogP contribution >= 0.6 is 34.2 Å². The van der Waals surface area contributed by atoms with Gasteiger partial charge in [-0.15, -0.1) is 0 Å². The third-order valence-electron chi connectivity index (χ3n) is 3.02. The summed E-state index contributed by atoms with van der Waals surface area (Å²) in [5, 5.41) is 0.682. The molecular weight excluding hydrogens is 359 g/mol. The molecule has 2 nitrogen and oxygen atoms in total. The molecule has 0 atom stereocenters. The largest absolute Gasteiger partial charge is 0.342 e. The number of para-hydroxylation sites is 2. The van der Waals surface area contributed by atoms with Crippen molar-refractivity contribution in [1.29, 1.82) is 0 Å². The van der Waals surface area contributed by atoms with Crippen molar-refractivity contribution in [1.82, 2.24) is 0 Å². The average Bonchev–Trinajstić information content (AvgIpc) is 2.49. The van der Waals surface area contributed by atoms with Crippen molar-refractivity contribution in [2.45, 2.75) is 0 Å². The highest BCUT2D eigenvalue weighted by atomic mass is 127. The Balaban J connectivity index is 2.35. The molecule has 0 amide bonds. The minimum absolute atomic E-state index is 0.682. The first-order chi connectivity index (χ1) is 8.68. The van der Waals surface area contributed by atoms with Crippen molar-refractivity contribution < 1.29 is 0 Å². The molecule has 0 spiro atoms. The van der Waals surface area contributed by atoms with Crippen LogP contribution in [0, 0.1) is 0 Å². The van der Waals surface area contributed by atoms with E-state index in [9.17, 15) is 0 Å². The van der Waals surface area contributed by atoms with Gasteiger partial charge in [-0.1, -0.05) is 35.9 Å². The number of benzene rings is 2. The quantitative estimate of drug-likeness (QED) is 0.602. The molecule has 18 heavy (non-hydrogen) atoms. The molecule has 0 fully saturated rings. The molecule has 90 valence electrons. The van der Waals surface area contributed by atoms with Crippen LogP contribution in [-0.4, -0.2) is 10.8 Å². The molecule has 0 aliphatic carbocycles. The van der Waals surface area contributed by atoms with Gasteiger partial charge in [0, 0.05) is 12.6 Å². The molecule has 0 radical (unpaired) electrons. The molecule has 0 saturated carbocycles. The Morgan fingerprint density at radius 2 is 1.78 bits per heavy atom. The fourth-order valence-electron chi connectivity index (χ4n) is 2.11. The van der Waals surface area contributed by atoms with Crippen molar-refractivity contribution >= 4 is 55.0 Å². The fraction of sp³-hybridized carbons (Fsp3) is 0.0714. The minimum atomic E-state index is 0.682. The number of hydrogen-bond donors (Lipinski definition) is 0. The highest BCUT2D eigenvalue weighted by molar-refractivity contribution is 14.1. The van der Waals surface area contributed by atoms with E-state index in [1.807, 2.05) is 37.4 Å². The Hall–Kier alpha value is -1.07. The number of nitrogens with zero attached hydrogens (tertiary/aromatic N) is 2. The molecule has 1 aliphatic heterocycles. The Labute approximate surface area is 124 Å². The van der Waals surface area contributed by atoms with Crippen molar-refractivity contribution in [2.24, 2.45) is 4.99 Å². The number of halogens is 2. The smallest absolute Gasteiger partial charge is 0.111 e. The minimum Gasteiger partial charge on any atom is -0.342 e. The summed E-state index contributed by atoms with van der Waals surface area (Å²) in [5.74, 6) is 0. The van der Waals surface area contributed by atoms with E-state index >= 15 is 0 Å². The van der Waals surface area contributed by atoms with Crippen LogP contribution in [0.5, 0.6) is 0 Å². The highest BCUT2D eigenvalue weighted by Gasteiger charge is 2.20. The van der Waals surface area contributed by atoms with Crippen LogP contribution in [0.25, 0.3) is 0 Å². The van der Waals surface area contributed by atoms with Gasteiger partial charge in [0.15, 0.2) is 0 Å². The van der Waals surface area contributed by atoms with Crippen molar-refractivity contribution in [3.05, 3.63) is 53.1 Å². The molecule has 2 aromatic carbocycles. The van der Waals surface area contributed by atoms with Gasteiger partial charge in [-0.2, -0.15) is 0 Å². The first-order valence-electron chi connectivity index (χ1n) is 5.54. The summed E-state index contributed by atoms with van der Waals surface area (Å²) < 4.78 is 0.960. The van der Waals surface area contributed by atoms with Crippen LogP contribution in [0.15, 0.2) is 47.5 Å². The monoisotopic (exact) mass is 368 g/mol. The summed E-state index contributed by atoms with van der Waals surface area (Å²) in [6.07, 6.45) is 0. The average molecular weight is 369 g/mol. The van der Waals surface area contributed by atoms with Gasteiger partial charge in [0.2, 0.25) is 0 Å². The highest BCUT2D eigenvalue weighted by Crippen LogP contribution is 2.42. The van der Waals surface area contributed by atoms with Crippen LogP contribution in [0.3, 0.4) is 0 Å². The van der Waals surface area contributed by atoms with Crippen LogP contribution in [0.2, 0.25) is 5.02 Å². The van der Waals surface area contributed by atoms with E-state index < -0.39 is 0 Å². The number of rotatable bonds is 0. The van der Waals surface area contributed by atoms with E-state index in [0.29, 0.717) is 5.02 Å². The van der Waals surface area contributed by atoms with Gasteiger partial charge in [-0.05, 0) is 40.8 Å². The Morgan fingerprint density at radius 1 is 1.06 bits per heavy atom. The van der Waals surface area contributed by atoms with Gasteiger partial charge < -0.3 is 4.90 Å². The van der Waals surface area contributed by atoms with Gasteiger partial charge in [0.1, 0.15) is 9.41 Å². The molecule has 0 saturated heterocycles. The molecule has 1 heterocycles. The maximum atomic E-state index is 6.25. The van der Waals surface area contributed by atoms with Crippen LogP contribution < -0.4 is 4.90 Å². The van der Waals surface area contributed by atoms with Crippen LogP contribution in [-0.2, 0) is 0 Å².